The van der Waals surface area contributed by atoms with Crippen LogP contribution >= 0.6 is 0 Å². The number of aromatic nitrogens is 2. The Bertz CT molecular complexity index is 699. The van der Waals surface area contributed by atoms with Crippen molar-refractivity contribution in [2.24, 2.45) is 12.5 Å². The molecule has 1 aromatic rings. The topological polar surface area (TPSA) is 95.7 Å². The van der Waals surface area contributed by atoms with E-state index >= 15 is 0 Å². The minimum Gasteiger partial charge on any atom is -0.480 e. The Morgan fingerprint density at radius 2 is 1.92 bits per heavy atom. The molecular formula is C17H24N4O4. The molecule has 1 N–H and O–H groups in total. The third-order valence-corrected chi connectivity index (χ3v) is 5.66. The summed E-state index contributed by atoms with van der Waals surface area (Å²) in [6.45, 7) is 5.04. The molecular weight excluding hydrogens is 324 g/mol. The fourth-order valence-corrected chi connectivity index (χ4v) is 3.96. The van der Waals surface area contributed by atoms with Crippen molar-refractivity contribution in [2.45, 2.75) is 39.2 Å². The maximum atomic E-state index is 12.8. The Morgan fingerprint density at radius 1 is 1.28 bits per heavy atom. The van der Waals surface area contributed by atoms with Gasteiger partial charge in [-0.1, -0.05) is 0 Å². The number of carbonyl (C=O) groups is 3. The van der Waals surface area contributed by atoms with Gasteiger partial charge in [-0.2, -0.15) is 5.10 Å². The van der Waals surface area contributed by atoms with E-state index in [1.165, 1.54) is 4.90 Å². The van der Waals surface area contributed by atoms with Gasteiger partial charge in [-0.15, -0.1) is 0 Å². The second-order valence-electron chi connectivity index (χ2n) is 7.29. The van der Waals surface area contributed by atoms with E-state index < -0.39 is 12.0 Å². The van der Waals surface area contributed by atoms with Gasteiger partial charge in [0.15, 0.2) is 5.69 Å². The lowest BCUT2D eigenvalue weighted by atomic mass is 9.76. The van der Waals surface area contributed by atoms with Crippen LogP contribution in [0.4, 0.5) is 0 Å². The predicted octanol–water partition coefficient (Wildman–Crippen LogP) is 0.656. The molecule has 0 radical (unpaired) electrons. The lowest BCUT2D eigenvalue weighted by Crippen LogP contribution is -2.44. The van der Waals surface area contributed by atoms with Crippen LogP contribution in [0.25, 0.3) is 0 Å². The number of carboxylic acids is 1. The summed E-state index contributed by atoms with van der Waals surface area (Å²) < 4.78 is 1.61. The smallest absolute Gasteiger partial charge is 0.326 e. The fraction of sp³-hybridized carbons (Fsp3) is 0.647. The molecule has 3 rings (SSSR count). The van der Waals surface area contributed by atoms with Gasteiger partial charge in [0, 0.05) is 39.3 Å². The van der Waals surface area contributed by atoms with Crippen molar-refractivity contribution < 1.29 is 19.5 Å². The van der Waals surface area contributed by atoms with Crippen LogP contribution in [0.1, 0.15) is 42.4 Å². The first kappa shape index (κ1) is 17.4. The predicted molar refractivity (Wildman–Crippen MR) is 88.9 cm³/mol. The van der Waals surface area contributed by atoms with Crippen molar-refractivity contribution in [1.82, 2.24) is 19.6 Å². The molecule has 1 unspecified atom stereocenters. The van der Waals surface area contributed by atoms with Crippen molar-refractivity contribution in [3.05, 3.63) is 17.5 Å². The number of carbonyl (C=O) groups excluding carboxylic acids is 2. The van der Waals surface area contributed by atoms with E-state index in [9.17, 15) is 19.5 Å². The SMILES string of the molecule is CC(=O)N1CCC2(CC1)CC(C(=O)O)N(C(=O)c1cc(C)n(C)n1)C2. The van der Waals surface area contributed by atoms with Gasteiger partial charge in [-0.3, -0.25) is 14.3 Å². The molecule has 8 nitrogen and oxygen atoms in total. The molecule has 8 heteroatoms. The Hall–Kier alpha value is -2.38. The van der Waals surface area contributed by atoms with Crippen LogP contribution in [0.15, 0.2) is 6.07 Å². The van der Waals surface area contributed by atoms with E-state index in [0.717, 1.165) is 18.5 Å². The van der Waals surface area contributed by atoms with E-state index in [4.69, 9.17) is 0 Å². The van der Waals surface area contributed by atoms with E-state index in [1.807, 2.05) is 6.92 Å². The summed E-state index contributed by atoms with van der Waals surface area (Å²) in [4.78, 5) is 39.3. The molecule has 1 atom stereocenters. The summed E-state index contributed by atoms with van der Waals surface area (Å²) in [6.07, 6.45) is 1.88. The molecule has 0 saturated carbocycles. The summed E-state index contributed by atoms with van der Waals surface area (Å²) in [5.74, 6) is -1.27. The summed E-state index contributed by atoms with van der Waals surface area (Å²) in [6, 6.07) is 0.851. The molecule has 136 valence electrons. The van der Waals surface area contributed by atoms with Crippen LogP contribution in [0.2, 0.25) is 0 Å². The van der Waals surface area contributed by atoms with E-state index in [-0.39, 0.29) is 22.9 Å². The highest BCUT2D eigenvalue weighted by Crippen LogP contribution is 2.44. The standard InChI is InChI=1S/C17H24N4O4/c1-11-8-13(18-19(11)3)15(23)21-10-17(9-14(21)16(24)25)4-6-20(7-5-17)12(2)22/h8,14H,4-7,9-10H2,1-3H3,(H,24,25). The van der Waals surface area contributed by atoms with Crippen molar-refractivity contribution in [3.63, 3.8) is 0 Å². The highest BCUT2D eigenvalue weighted by molar-refractivity contribution is 5.95. The lowest BCUT2D eigenvalue weighted by molar-refractivity contribution is -0.141. The van der Waals surface area contributed by atoms with Gasteiger partial charge in [0.2, 0.25) is 5.91 Å². The first-order valence-corrected chi connectivity index (χ1v) is 8.52. The number of aryl methyl sites for hydroxylation is 2. The highest BCUT2D eigenvalue weighted by atomic mass is 16.4. The van der Waals surface area contributed by atoms with Crippen molar-refractivity contribution in [2.75, 3.05) is 19.6 Å². The highest BCUT2D eigenvalue weighted by Gasteiger charge is 2.50. The molecule has 1 aromatic heterocycles. The van der Waals surface area contributed by atoms with E-state index in [0.29, 0.717) is 26.1 Å². The number of nitrogens with zero attached hydrogens (tertiary/aromatic N) is 4. The molecule has 2 fully saturated rings. The molecule has 3 heterocycles. The van der Waals surface area contributed by atoms with Gasteiger partial charge in [-0.25, -0.2) is 4.79 Å². The Kier molecular flexibility index (Phi) is 4.30. The van der Waals surface area contributed by atoms with Crippen LogP contribution in [0.5, 0.6) is 0 Å². The molecule has 0 aliphatic carbocycles. The van der Waals surface area contributed by atoms with Gasteiger partial charge >= 0.3 is 5.97 Å². The summed E-state index contributed by atoms with van der Waals surface area (Å²) in [5, 5.41) is 13.8. The zero-order valence-corrected chi connectivity index (χ0v) is 14.9. The van der Waals surface area contributed by atoms with E-state index in [2.05, 4.69) is 5.10 Å². The first-order valence-electron chi connectivity index (χ1n) is 8.52. The average molecular weight is 348 g/mol. The second-order valence-corrected chi connectivity index (χ2v) is 7.29. The number of carboxylic acid groups (broad SMARTS) is 1. The zero-order valence-electron chi connectivity index (χ0n) is 14.9. The molecule has 2 saturated heterocycles. The van der Waals surface area contributed by atoms with Gasteiger partial charge < -0.3 is 14.9 Å². The number of rotatable bonds is 2. The minimum atomic E-state index is -0.980. The maximum Gasteiger partial charge on any atom is 0.326 e. The van der Waals surface area contributed by atoms with Gasteiger partial charge in [0.05, 0.1) is 0 Å². The number of aliphatic carboxylic acids is 1. The van der Waals surface area contributed by atoms with Crippen LogP contribution < -0.4 is 0 Å². The number of amides is 2. The van der Waals surface area contributed by atoms with Crippen LogP contribution in [0, 0.1) is 12.3 Å². The number of hydrogen-bond acceptors (Lipinski definition) is 4. The van der Waals surface area contributed by atoms with Crippen LogP contribution in [-0.4, -0.2) is 68.1 Å². The normalized spacial score (nSPS) is 22.4. The van der Waals surface area contributed by atoms with Crippen molar-refractivity contribution in [3.8, 4) is 0 Å². The molecule has 2 aliphatic heterocycles. The third-order valence-electron chi connectivity index (χ3n) is 5.66. The second kappa shape index (κ2) is 6.16. The molecule has 25 heavy (non-hydrogen) atoms. The summed E-state index contributed by atoms with van der Waals surface area (Å²) >= 11 is 0. The number of piperidine rings is 1. The number of hydrogen-bond donors (Lipinski definition) is 1. The van der Waals surface area contributed by atoms with Crippen molar-refractivity contribution >= 4 is 17.8 Å². The molecule has 1 spiro atoms. The largest absolute Gasteiger partial charge is 0.480 e. The first-order chi connectivity index (χ1) is 11.7. The van der Waals surface area contributed by atoms with Gasteiger partial charge in [-0.05, 0) is 37.7 Å². The van der Waals surface area contributed by atoms with Crippen LogP contribution in [0.3, 0.4) is 0 Å². The summed E-state index contributed by atoms with van der Waals surface area (Å²) in [7, 11) is 1.75. The number of likely N-dealkylation sites (tertiary alicyclic amines) is 2. The van der Waals surface area contributed by atoms with Crippen LogP contribution in [-0.2, 0) is 16.6 Å². The molecule has 0 bridgehead atoms. The zero-order chi connectivity index (χ0) is 18.4. The third kappa shape index (κ3) is 3.12. The van der Waals surface area contributed by atoms with Gasteiger partial charge in [0.25, 0.3) is 5.91 Å². The minimum absolute atomic E-state index is 0.0412. The average Bonchev–Trinajstić information content (AvgIpc) is 3.09. The van der Waals surface area contributed by atoms with Gasteiger partial charge in [0.1, 0.15) is 6.04 Å². The molecule has 2 amide bonds. The quantitative estimate of drug-likeness (QED) is 0.847. The molecule has 0 aromatic carbocycles. The Morgan fingerprint density at radius 3 is 2.40 bits per heavy atom. The maximum absolute atomic E-state index is 12.8. The van der Waals surface area contributed by atoms with Crippen molar-refractivity contribution in [1.29, 1.82) is 0 Å². The lowest BCUT2D eigenvalue weighted by Gasteiger charge is -2.38. The molecule has 2 aliphatic rings. The Labute approximate surface area is 146 Å². The fourth-order valence-electron chi connectivity index (χ4n) is 3.96. The summed E-state index contributed by atoms with van der Waals surface area (Å²) in [5.41, 5.74) is 0.900. The monoisotopic (exact) mass is 348 g/mol. The Balaban J connectivity index is 1.81. The van der Waals surface area contributed by atoms with E-state index in [1.54, 1.807) is 29.6 Å².